The second-order valence-electron chi connectivity index (χ2n) is 4.05. The van der Waals surface area contributed by atoms with Gasteiger partial charge >= 0.3 is 6.18 Å². The first-order valence-electron chi connectivity index (χ1n) is 5.29. The van der Waals surface area contributed by atoms with E-state index in [1.54, 1.807) is 0 Å². The predicted octanol–water partition coefficient (Wildman–Crippen LogP) is 3.06. The molecule has 1 aliphatic rings. The number of ether oxygens (including phenoxy) is 1. The number of benzene rings is 1. The van der Waals surface area contributed by atoms with Crippen LogP contribution >= 0.6 is 0 Å². The fraction of sp³-hybridized carbons (Fsp3) is 0.417. The average Bonchev–Trinajstić information content (AvgIpc) is 3.09. The lowest BCUT2D eigenvalue weighted by Gasteiger charge is -2.08. The highest BCUT2D eigenvalue weighted by Gasteiger charge is 2.31. The van der Waals surface area contributed by atoms with Gasteiger partial charge in [-0.15, -0.1) is 0 Å². The maximum absolute atomic E-state index is 12.3. The molecule has 0 unspecified atom stereocenters. The SMILES string of the molecule is O=C(COc1ccc(C(F)(F)F)cc1)C1CC1. The molecule has 1 aromatic rings. The molecule has 1 fully saturated rings. The first-order chi connectivity index (χ1) is 7.97. The predicted molar refractivity (Wildman–Crippen MR) is 54.7 cm³/mol. The van der Waals surface area contributed by atoms with Crippen LogP contribution < -0.4 is 4.74 Å². The lowest BCUT2D eigenvalue weighted by atomic mass is 10.2. The first-order valence-corrected chi connectivity index (χ1v) is 5.29. The third-order valence-electron chi connectivity index (χ3n) is 2.60. The van der Waals surface area contributed by atoms with Crippen molar-refractivity contribution in [3.05, 3.63) is 29.8 Å². The zero-order valence-corrected chi connectivity index (χ0v) is 8.96. The van der Waals surface area contributed by atoms with Crippen LogP contribution in [0.4, 0.5) is 13.2 Å². The van der Waals surface area contributed by atoms with Crippen LogP contribution in [0.1, 0.15) is 18.4 Å². The molecule has 0 aromatic heterocycles. The minimum Gasteiger partial charge on any atom is -0.486 e. The van der Waals surface area contributed by atoms with Gasteiger partial charge in [-0.05, 0) is 37.1 Å². The molecular weight excluding hydrogens is 233 g/mol. The molecule has 0 N–H and O–H groups in total. The highest BCUT2D eigenvalue weighted by molar-refractivity contribution is 5.84. The second kappa shape index (κ2) is 4.39. The van der Waals surface area contributed by atoms with Crippen molar-refractivity contribution in [1.29, 1.82) is 0 Å². The fourth-order valence-corrected chi connectivity index (χ4v) is 1.42. The van der Waals surface area contributed by atoms with E-state index in [9.17, 15) is 18.0 Å². The van der Waals surface area contributed by atoms with Crippen molar-refractivity contribution in [2.24, 2.45) is 5.92 Å². The Morgan fingerprint density at radius 3 is 2.29 bits per heavy atom. The van der Waals surface area contributed by atoms with Gasteiger partial charge in [-0.3, -0.25) is 4.79 Å². The fourth-order valence-electron chi connectivity index (χ4n) is 1.42. The van der Waals surface area contributed by atoms with Gasteiger partial charge in [0.25, 0.3) is 0 Å². The molecule has 0 spiro atoms. The molecule has 0 amide bonds. The van der Waals surface area contributed by atoms with Gasteiger partial charge in [0.05, 0.1) is 5.56 Å². The van der Waals surface area contributed by atoms with Crippen molar-refractivity contribution < 1.29 is 22.7 Å². The lowest BCUT2D eigenvalue weighted by molar-refractivity contribution is -0.137. The van der Waals surface area contributed by atoms with Crippen LogP contribution in [-0.4, -0.2) is 12.4 Å². The summed E-state index contributed by atoms with van der Waals surface area (Å²) in [5.74, 6) is 0.404. The maximum Gasteiger partial charge on any atom is 0.416 e. The van der Waals surface area contributed by atoms with Crippen LogP contribution in [-0.2, 0) is 11.0 Å². The van der Waals surface area contributed by atoms with Crippen LogP contribution in [0, 0.1) is 5.92 Å². The van der Waals surface area contributed by atoms with Crippen LogP contribution in [0.3, 0.4) is 0 Å². The Balaban J connectivity index is 1.91. The minimum absolute atomic E-state index is 0.0184. The number of hydrogen-bond acceptors (Lipinski definition) is 2. The molecule has 17 heavy (non-hydrogen) atoms. The monoisotopic (exact) mass is 244 g/mol. The summed E-state index contributed by atoms with van der Waals surface area (Å²) in [5, 5.41) is 0. The van der Waals surface area contributed by atoms with E-state index in [4.69, 9.17) is 4.74 Å². The number of ketones is 1. The standard InChI is InChI=1S/C12H11F3O2/c13-12(14,15)9-3-5-10(6-4-9)17-7-11(16)8-1-2-8/h3-6,8H,1-2,7H2. The molecule has 2 nitrogen and oxygen atoms in total. The molecule has 1 saturated carbocycles. The second-order valence-corrected chi connectivity index (χ2v) is 4.05. The van der Waals surface area contributed by atoms with E-state index in [2.05, 4.69) is 0 Å². The van der Waals surface area contributed by atoms with E-state index in [1.165, 1.54) is 12.1 Å². The summed E-state index contributed by atoms with van der Waals surface area (Å²) in [4.78, 5) is 11.3. The number of Topliss-reactive ketones (excluding diaryl/α,β-unsaturated/α-hetero) is 1. The summed E-state index contributed by atoms with van der Waals surface area (Å²) in [6, 6.07) is 4.33. The summed E-state index contributed by atoms with van der Waals surface area (Å²) in [6.07, 6.45) is -2.55. The normalized spacial score (nSPS) is 15.7. The van der Waals surface area contributed by atoms with Gasteiger partial charge in [0.15, 0.2) is 5.78 Å². The summed E-state index contributed by atoms with van der Waals surface area (Å²) in [6.45, 7) is -0.0595. The van der Waals surface area contributed by atoms with Gasteiger partial charge < -0.3 is 4.74 Å². The van der Waals surface area contributed by atoms with Gasteiger partial charge in [-0.1, -0.05) is 0 Å². The van der Waals surface area contributed by atoms with Crippen LogP contribution in [0.2, 0.25) is 0 Å². The minimum atomic E-state index is -4.34. The molecule has 0 bridgehead atoms. The molecule has 0 aliphatic heterocycles. The Morgan fingerprint density at radius 1 is 1.24 bits per heavy atom. The van der Waals surface area contributed by atoms with E-state index < -0.39 is 11.7 Å². The molecule has 1 aromatic carbocycles. The topological polar surface area (TPSA) is 26.3 Å². The van der Waals surface area contributed by atoms with Gasteiger partial charge in [0.1, 0.15) is 12.4 Å². The Bertz CT molecular complexity index is 405. The molecule has 1 aliphatic carbocycles. The summed E-state index contributed by atoms with van der Waals surface area (Å²) in [7, 11) is 0. The zero-order valence-electron chi connectivity index (χ0n) is 8.96. The zero-order chi connectivity index (χ0) is 12.5. The third-order valence-corrected chi connectivity index (χ3v) is 2.60. The Hall–Kier alpha value is -1.52. The molecule has 0 radical (unpaired) electrons. The Morgan fingerprint density at radius 2 is 1.82 bits per heavy atom. The molecule has 0 heterocycles. The number of hydrogen-bond donors (Lipinski definition) is 0. The molecule has 92 valence electrons. The Labute approximate surface area is 96.4 Å². The number of carbonyl (C=O) groups is 1. The molecular formula is C12H11F3O2. The maximum atomic E-state index is 12.3. The number of rotatable bonds is 4. The number of carbonyl (C=O) groups excluding carboxylic acids is 1. The smallest absolute Gasteiger partial charge is 0.416 e. The van der Waals surface area contributed by atoms with Crippen molar-refractivity contribution in [1.82, 2.24) is 0 Å². The summed E-state index contributed by atoms with van der Waals surface area (Å²) < 4.78 is 41.9. The van der Waals surface area contributed by atoms with E-state index in [-0.39, 0.29) is 24.1 Å². The summed E-state index contributed by atoms with van der Waals surface area (Å²) >= 11 is 0. The summed E-state index contributed by atoms with van der Waals surface area (Å²) in [5.41, 5.74) is -0.724. The molecule has 0 saturated heterocycles. The molecule has 0 atom stereocenters. The average molecular weight is 244 g/mol. The van der Waals surface area contributed by atoms with E-state index >= 15 is 0 Å². The van der Waals surface area contributed by atoms with Gasteiger partial charge in [0, 0.05) is 5.92 Å². The Kier molecular flexibility index (Phi) is 3.09. The van der Waals surface area contributed by atoms with E-state index in [0.717, 1.165) is 25.0 Å². The first kappa shape index (κ1) is 12.0. The quantitative estimate of drug-likeness (QED) is 0.813. The third kappa shape index (κ3) is 3.22. The number of alkyl halides is 3. The van der Waals surface area contributed by atoms with Crippen molar-refractivity contribution in [2.75, 3.05) is 6.61 Å². The largest absolute Gasteiger partial charge is 0.486 e. The van der Waals surface area contributed by atoms with Crippen LogP contribution in [0.15, 0.2) is 24.3 Å². The van der Waals surface area contributed by atoms with Crippen molar-refractivity contribution in [3.8, 4) is 5.75 Å². The molecule has 5 heteroatoms. The van der Waals surface area contributed by atoms with Crippen LogP contribution in [0.25, 0.3) is 0 Å². The van der Waals surface area contributed by atoms with E-state index in [0.29, 0.717) is 0 Å². The van der Waals surface area contributed by atoms with Gasteiger partial charge in [-0.25, -0.2) is 0 Å². The highest BCUT2D eigenvalue weighted by atomic mass is 19.4. The number of halogens is 3. The van der Waals surface area contributed by atoms with E-state index in [1.807, 2.05) is 0 Å². The van der Waals surface area contributed by atoms with Crippen molar-refractivity contribution in [3.63, 3.8) is 0 Å². The lowest BCUT2D eigenvalue weighted by Crippen LogP contribution is -2.13. The van der Waals surface area contributed by atoms with Gasteiger partial charge in [-0.2, -0.15) is 13.2 Å². The highest BCUT2D eigenvalue weighted by Crippen LogP contribution is 2.31. The van der Waals surface area contributed by atoms with Crippen molar-refractivity contribution >= 4 is 5.78 Å². The van der Waals surface area contributed by atoms with Crippen LogP contribution in [0.5, 0.6) is 5.75 Å². The van der Waals surface area contributed by atoms with Crippen molar-refractivity contribution in [2.45, 2.75) is 19.0 Å². The molecule has 2 rings (SSSR count). The van der Waals surface area contributed by atoms with Gasteiger partial charge in [0.2, 0.25) is 0 Å².